The fourth-order valence-corrected chi connectivity index (χ4v) is 10.1. The SMILES string of the molecule is O=C(NC(c1ccccc1)c1cccc(OCc2ccc(C3(C(=O)OCCCCNC[C@H](O)c4ccc(O)c5[nH]c(=O)ccc45)CC3)cc2)c1)O[C@H]1C[N+]2(CC(=O)c3ccccc3)CCC1CC2. The number of Topliss-reactive ketones (excluding diaryl/α,β-unsaturated/α-hetero) is 1. The number of hydrogen-bond donors (Lipinski definition) is 5. The monoisotopic (exact) mass is 919 g/mol. The number of esters is 1. The number of rotatable bonds is 20. The molecule has 352 valence electrons. The fraction of sp³-hybridized carbons (Fsp3) is 0.345. The molecule has 5 N–H and O–H groups in total. The molecule has 5 aromatic carbocycles. The summed E-state index contributed by atoms with van der Waals surface area (Å²) in [5.74, 6) is 0.773. The van der Waals surface area contributed by atoms with Gasteiger partial charge in [0.25, 0.3) is 0 Å². The van der Waals surface area contributed by atoms with Crippen molar-refractivity contribution in [2.75, 3.05) is 45.9 Å². The number of unbranched alkanes of at least 4 members (excludes halogenated alkanes) is 1. The van der Waals surface area contributed by atoms with E-state index in [1.54, 1.807) is 12.1 Å². The fourth-order valence-electron chi connectivity index (χ4n) is 10.1. The molecule has 1 saturated carbocycles. The zero-order valence-electron chi connectivity index (χ0n) is 38.1. The van der Waals surface area contributed by atoms with Crippen LogP contribution in [0, 0.1) is 5.92 Å². The van der Waals surface area contributed by atoms with Crippen molar-refractivity contribution >= 4 is 28.7 Å². The molecule has 3 aliphatic heterocycles. The van der Waals surface area contributed by atoms with E-state index in [4.69, 9.17) is 14.2 Å². The number of hydrogen-bond acceptors (Lipinski definition) is 10. The van der Waals surface area contributed by atoms with Crippen molar-refractivity contribution in [2.45, 2.75) is 68.8 Å². The molecule has 0 spiro atoms. The Bertz CT molecular complexity index is 2770. The van der Waals surface area contributed by atoms with Crippen LogP contribution in [-0.2, 0) is 26.3 Å². The predicted molar refractivity (Wildman–Crippen MR) is 257 cm³/mol. The number of aromatic hydroxyl groups is 1. The lowest BCUT2D eigenvalue weighted by Gasteiger charge is -2.51. The van der Waals surface area contributed by atoms with Crippen molar-refractivity contribution < 1.29 is 43.3 Å². The van der Waals surface area contributed by atoms with Crippen molar-refractivity contribution in [3.8, 4) is 11.5 Å². The Morgan fingerprint density at radius 3 is 2.31 bits per heavy atom. The highest BCUT2D eigenvalue weighted by Gasteiger charge is 2.53. The largest absolute Gasteiger partial charge is 0.506 e. The van der Waals surface area contributed by atoms with Gasteiger partial charge in [0.2, 0.25) is 11.3 Å². The molecular weight excluding hydrogens is 861 g/mol. The Morgan fingerprint density at radius 2 is 1.56 bits per heavy atom. The number of piperidine rings is 3. The van der Waals surface area contributed by atoms with Crippen LogP contribution in [-0.4, -0.2) is 89.5 Å². The van der Waals surface area contributed by atoms with Gasteiger partial charge in [-0.2, -0.15) is 0 Å². The molecule has 4 aliphatic rings. The van der Waals surface area contributed by atoms with Gasteiger partial charge in [0.15, 0.2) is 6.10 Å². The van der Waals surface area contributed by atoms with Crippen molar-refractivity contribution in [3.05, 3.63) is 177 Å². The average Bonchev–Trinajstić information content (AvgIpc) is 4.18. The number of quaternary nitrogens is 1. The number of alkyl carbamates (subject to hydrolysis) is 1. The third-order valence-electron chi connectivity index (χ3n) is 14.1. The molecule has 6 aromatic rings. The van der Waals surface area contributed by atoms with E-state index in [9.17, 15) is 29.4 Å². The standard InChI is InChI=1S/C55H58N4O9/c60-46-22-20-44(45-21-23-50(63)57-52(45)46)47(61)33-56-28-7-8-31-66-53(64)55(26-27-55)42-18-16-37(17-19-42)36-67-43-15-9-14-41(32-43)51(40-12-5-2-6-13-40)58-54(65)68-49-35-59(29-24-39(49)25-30-59)34-48(62)38-10-3-1-4-11-38/h1-6,9-23,32,39,47,49,51,56,61H,7-8,24-31,33-36H2,(H2-,57,58,60,63,65)/p+1/t39?,47-,49-,51?,59?/m0/s1. The first-order valence-corrected chi connectivity index (χ1v) is 23.8. The van der Waals surface area contributed by atoms with Crippen LogP contribution in [0.3, 0.4) is 0 Å². The van der Waals surface area contributed by atoms with Crippen LogP contribution in [0.25, 0.3) is 10.9 Å². The number of aromatic amines is 1. The van der Waals surface area contributed by atoms with Crippen LogP contribution in [0.1, 0.15) is 88.8 Å². The quantitative estimate of drug-likeness (QED) is 0.0220. The van der Waals surface area contributed by atoms with E-state index >= 15 is 0 Å². The number of phenols is 1. The summed E-state index contributed by atoms with van der Waals surface area (Å²) in [4.78, 5) is 54.7. The Labute approximate surface area is 395 Å². The first-order chi connectivity index (χ1) is 33.1. The summed E-state index contributed by atoms with van der Waals surface area (Å²) in [5.41, 5.74) is 4.27. The number of pyridine rings is 1. The smallest absolute Gasteiger partial charge is 0.408 e. The molecule has 3 saturated heterocycles. The number of ether oxygens (including phenoxy) is 3. The molecule has 4 heterocycles. The van der Waals surface area contributed by atoms with Crippen molar-refractivity contribution in [3.63, 3.8) is 0 Å². The van der Waals surface area contributed by atoms with Gasteiger partial charge >= 0.3 is 12.1 Å². The van der Waals surface area contributed by atoms with E-state index in [0.29, 0.717) is 66.0 Å². The van der Waals surface area contributed by atoms with Crippen LogP contribution in [0.4, 0.5) is 4.79 Å². The van der Waals surface area contributed by atoms with Gasteiger partial charge in [-0.3, -0.25) is 14.4 Å². The maximum absolute atomic E-state index is 13.7. The first kappa shape index (κ1) is 46.3. The second-order valence-corrected chi connectivity index (χ2v) is 18.7. The van der Waals surface area contributed by atoms with Gasteiger partial charge in [0.05, 0.1) is 42.8 Å². The summed E-state index contributed by atoms with van der Waals surface area (Å²) in [7, 11) is 0. The predicted octanol–water partition coefficient (Wildman–Crippen LogP) is 7.80. The summed E-state index contributed by atoms with van der Waals surface area (Å²) >= 11 is 0. The molecule has 0 radical (unpaired) electrons. The molecule has 4 fully saturated rings. The second-order valence-electron chi connectivity index (χ2n) is 18.7. The Morgan fingerprint density at radius 1 is 0.824 bits per heavy atom. The highest BCUT2D eigenvalue weighted by Crippen LogP contribution is 2.49. The minimum Gasteiger partial charge on any atom is -0.506 e. The lowest BCUT2D eigenvalue weighted by atomic mass is 9.83. The number of nitrogens with one attached hydrogen (secondary N) is 3. The molecule has 1 aliphatic carbocycles. The van der Waals surface area contributed by atoms with E-state index in [0.717, 1.165) is 73.0 Å². The Balaban J connectivity index is 0.740. The van der Waals surface area contributed by atoms with Gasteiger partial charge in [-0.15, -0.1) is 0 Å². The maximum atomic E-state index is 13.7. The molecule has 1 unspecified atom stereocenters. The van der Waals surface area contributed by atoms with Crippen LogP contribution in [0.15, 0.2) is 138 Å². The van der Waals surface area contributed by atoms with Gasteiger partial charge < -0.3 is 44.5 Å². The Hall–Kier alpha value is -6.80. The zero-order chi connectivity index (χ0) is 47.1. The molecular formula is C55H59N4O9+. The number of carbonyl (C=O) groups is 3. The molecule has 2 bridgehead atoms. The summed E-state index contributed by atoms with van der Waals surface area (Å²) in [6.45, 7) is 4.36. The number of aliphatic hydroxyl groups is 1. The molecule has 68 heavy (non-hydrogen) atoms. The van der Waals surface area contributed by atoms with E-state index in [1.807, 2.05) is 109 Å². The highest BCUT2D eigenvalue weighted by molar-refractivity contribution is 5.97. The van der Waals surface area contributed by atoms with E-state index < -0.39 is 23.7 Å². The summed E-state index contributed by atoms with van der Waals surface area (Å²) < 4.78 is 18.9. The first-order valence-electron chi connectivity index (χ1n) is 23.8. The number of H-pyrrole nitrogens is 1. The van der Waals surface area contributed by atoms with E-state index in [2.05, 4.69) is 15.6 Å². The average molecular weight is 920 g/mol. The lowest BCUT2D eigenvalue weighted by molar-refractivity contribution is -0.938. The number of nitrogens with zero attached hydrogens (tertiary/aromatic N) is 1. The number of ketones is 1. The van der Waals surface area contributed by atoms with Crippen molar-refractivity contribution in [1.82, 2.24) is 15.6 Å². The number of carbonyl (C=O) groups excluding carboxylic acids is 3. The number of benzene rings is 5. The molecule has 1 aromatic heterocycles. The zero-order valence-corrected chi connectivity index (χ0v) is 38.1. The molecule has 3 atom stereocenters. The summed E-state index contributed by atoms with van der Waals surface area (Å²) in [6.07, 6.45) is 3.10. The van der Waals surface area contributed by atoms with Crippen LogP contribution < -0.4 is 20.9 Å². The van der Waals surface area contributed by atoms with Crippen molar-refractivity contribution in [1.29, 1.82) is 0 Å². The van der Waals surface area contributed by atoms with Gasteiger partial charge in [0, 0.05) is 42.3 Å². The third-order valence-corrected chi connectivity index (χ3v) is 14.1. The van der Waals surface area contributed by atoms with Crippen LogP contribution in [0.2, 0.25) is 0 Å². The minimum atomic E-state index is -0.845. The number of phenolic OH excluding ortho intramolecular Hbond substituents is 1. The van der Waals surface area contributed by atoms with Gasteiger partial charge in [0.1, 0.15) is 31.2 Å². The van der Waals surface area contributed by atoms with Crippen molar-refractivity contribution in [2.24, 2.45) is 5.92 Å². The number of fused-ring (bicyclic) bond motifs is 4. The summed E-state index contributed by atoms with van der Waals surface area (Å²) in [6, 6.07) is 40.4. The number of amides is 1. The summed E-state index contributed by atoms with van der Waals surface area (Å²) in [5, 5.41) is 27.9. The molecule has 10 rings (SSSR count). The van der Waals surface area contributed by atoms with Crippen LogP contribution >= 0.6 is 0 Å². The van der Waals surface area contributed by atoms with Gasteiger partial charge in [-0.05, 0) is 84.3 Å². The van der Waals surface area contributed by atoms with E-state index in [1.165, 1.54) is 12.1 Å². The van der Waals surface area contributed by atoms with Gasteiger partial charge in [-0.1, -0.05) is 103 Å². The Kier molecular flexibility index (Phi) is 14.0. The van der Waals surface area contributed by atoms with Crippen LogP contribution in [0.5, 0.6) is 11.5 Å². The molecule has 13 heteroatoms. The normalized spacial score (nSPS) is 20.0. The maximum Gasteiger partial charge on any atom is 0.408 e. The third kappa shape index (κ3) is 10.7. The van der Waals surface area contributed by atoms with Gasteiger partial charge in [-0.25, -0.2) is 4.79 Å². The molecule has 13 nitrogen and oxygen atoms in total. The minimum absolute atomic E-state index is 0.0539. The highest BCUT2D eigenvalue weighted by atomic mass is 16.6. The van der Waals surface area contributed by atoms with E-state index in [-0.39, 0.29) is 41.6 Å². The topological polar surface area (TPSA) is 176 Å². The molecule has 1 amide bonds. The number of aromatic nitrogens is 1. The lowest BCUT2D eigenvalue weighted by Crippen LogP contribution is -2.66. The number of aliphatic hydroxyl groups excluding tert-OH is 1. The second kappa shape index (κ2) is 20.6.